The molecule has 4 aromatic rings. The predicted octanol–water partition coefficient (Wildman–Crippen LogP) is 3.42. The first-order chi connectivity index (χ1) is 13.9. The summed E-state index contributed by atoms with van der Waals surface area (Å²) >= 11 is 1.33. The summed E-state index contributed by atoms with van der Waals surface area (Å²) in [6, 6.07) is 10.6. The highest BCUT2D eigenvalue weighted by atomic mass is 32.1. The minimum absolute atomic E-state index is 0.209. The summed E-state index contributed by atoms with van der Waals surface area (Å²) < 4.78 is 22.1. The third-order valence-electron chi connectivity index (χ3n) is 4.63. The second-order valence-electron chi connectivity index (χ2n) is 6.62. The molecule has 0 spiro atoms. The van der Waals surface area contributed by atoms with E-state index in [0.29, 0.717) is 27.7 Å². The second-order valence-corrected chi connectivity index (χ2v) is 7.44. The Morgan fingerprint density at radius 1 is 1.14 bits per heavy atom. The molecule has 0 bridgehead atoms. The van der Waals surface area contributed by atoms with Gasteiger partial charge in [-0.25, -0.2) is 14.2 Å². The predicted molar refractivity (Wildman–Crippen MR) is 108 cm³/mol. The Kier molecular flexibility index (Phi) is 4.98. The number of aromatic nitrogens is 5. The van der Waals surface area contributed by atoms with E-state index in [2.05, 4.69) is 15.4 Å². The number of thiazole rings is 1. The molecule has 0 radical (unpaired) electrons. The van der Waals surface area contributed by atoms with Crippen molar-refractivity contribution in [3.8, 4) is 22.1 Å². The monoisotopic (exact) mass is 411 g/mol. The van der Waals surface area contributed by atoms with Crippen molar-refractivity contribution in [2.75, 3.05) is 0 Å². The van der Waals surface area contributed by atoms with E-state index in [1.807, 2.05) is 30.5 Å². The molecular weight excluding hydrogens is 393 g/mol. The van der Waals surface area contributed by atoms with E-state index in [1.165, 1.54) is 26.8 Å². The van der Waals surface area contributed by atoms with Crippen LogP contribution in [0.15, 0.2) is 46.6 Å². The molecule has 0 aliphatic rings. The molecule has 0 aliphatic carbocycles. The molecule has 0 unspecified atom stereocenters. The Morgan fingerprint density at radius 3 is 2.69 bits per heavy atom. The van der Waals surface area contributed by atoms with E-state index >= 15 is 0 Å². The third kappa shape index (κ3) is 3.68. The lowest BCUT2D eigenvalue weighted by Crippen LogP contribution is -2.23. The largest absolute Gasteiger partial charge is 0.465 e. The maximum atomic E-state index is 13.8. The molecule has 29 heavy (non-hydrogen) atoms. The molecule has 0 saturated heterocycles. The zero-order valence-corrected chi connectivity index (χ0v) is 16.9. The van der Waals surface area contributed by atoms with Gasteiger partial charge in [-0.1, -0.05) is 35.6 Å². The number of rotatable bonds is 5. The quantitative estimate of drug-likeness (QED) is 0.503. The first-order valence-corrected chi connectivity index (χ1v) is 9.74. The highest BCUT2D eigenvalue weighted by Crippen LogP contribution is 2.29. The lowest BCUT2D eigenvalue weighted by molar-refractivity contribution is 0.303. The number of nitrogens with zero attached hydrogens (tertiary/aromatic N) is 5. The van der Waals surface area contributed by atoms with Crippen molar-refractivity contribution >= 4 is 11.3 Å². The fourth-order valence-electron chi connectivity index (χ4n) is 2.88. The SMILES string of the molecule is Cc1ccc(-c2csc(OCc3c(C)cccc3-n3nnn(C)c3=O)n2)cc1F. The van der Waals surface area contributed by atoms with Crippen LogP contribution < -0.4 is 10.4 Å². The van der Waals surface area contributed by atoms with Crippen LogP contribution in [0.1, 0.15) is 16.7 Å². The lowest BCUT2D eigenvalue weighted by atomic mass is 10.1. The number of benzene rings is 2. The van der Waals surface area contributed by atoms with Crippen LogP contribution >= 0.6 is 11.3 Å². The minimum atomic E-state index is -0.338. The van der Waals surface area contributed by atoms with Gasteiger partial charge in [0.1, 0.15) is 12.4 Å². The fraction of sp³-hybridized carbons (Fsp3) is 0.200. The van der Waals surface area contributed by atoms with Gasteiger partial charge in [0, 0.05) is 23.6 Å². The van der Waals surface area contributed by atoms with Gasteiger partial charge >= 0.3 is 5.69 Å². The second kappa shape index (κ2) is 7.59. The molecule has 0 amide bonds. The number of hydrogen-bond acceptors (Lipinski definition) is 6. The highest BCUT2D eigenvalue weighted by Gasteiger charge is 2.15. The summed E-state index contributed by atoms with van der Waals surface area (Å²) in [5.74, 6) is -0.267. The summed E-state index contributed by atoms with van der Waals surface area (Å²) in [6.07, 6.45) is 0. The number of hydrogen-bond donors (Lipinski definition) is 0. The van der Waals surface area contributed by atoms with Gasteiger partial charge in [0.2, 0.25) is 0 Å². The molecule has 2 aromatic heterocycles. The Labute approximate surface area is 170 Å². The summed E-state index contributed by atoms with van der Waals surface area (Å²) in [6.45, 7) is 3.86. The third-order valence-corrected chi connectivity index (χ3v) is 5.38. The van der Waals surface area contributed by atoms with E-state index in [1.54, 1.807) is 26.1 Å². The van der Waals surface area contributed by atoms with Gasteiger partial charge in [-0.3, -0.25) is 0 Å². The number of aryl methyl sites for hydroxylation is 3. The average molecular weight is 411 g/mol. The van der Waals surface area contributed by atoms with Crippen LogP contribution in [0.25, 0.3) is 16.9 Å². The summed E-state index contributed by atoms with van der Waals surface area (Å²) in [5.41, 5.74) is 3.98. The first kappa shape index (κ1) is 19.0. The molecule has 2 aromatic carbocycles. The van der Waals surface area contributed by atoms with Gasteiger partial charge in [-0.05, 0) is 47.5 Å². The molecule has 0 fully saturated rings. The smallest absolute Gasteiger partial charge is 0.368 e. The van der Waals surface area contributed by atoms with Crippen molar-refractivity contribution in [3.63, 3.8) is 0 Å². The Bertz CT molecular complexity index is 1240. The van der Waals surface area contributed by atoms with E-state index in [0.717, 1.165) is 11.1 Å². The Morgan fingerprint density at radius 2 is 1.97 bits per heavy atom. The standard InChI is InChI=1S/C20H18FN5O2S/c1-12-5-4-6-18(26-20(27)25(3)23-24-26)15(12)10-28-19-22-17(11-29-19)14-8-7-13(2)16(21)9-14/h4-9,11H,10H2,1-3H3. The zero-order valence-electron chi connectivity index (χ0n) is 16.1. The van der Waals surface area contributed by atoms with Gasteiger partial charge in [0.15, 0.2) is 0 Å². The zero-order chi connectivity index (χ0) is 20.5. The molecule has 0 atom stereocenters. The van der Waals surface area contributed by atoms with Crippen molar-refractivity contribution in [2.45, 2.75) is 20.5 Å². The summed E-state index contributed by atoms with van der Waals surface area (Å²) in [4.78, 5) is 16.7. The van der Waals surface area contributed by atoms with Crippen LogP contribution in [-0.2, 0) is 13.7 Å². The van der Waals surface area contributed by atoms with Crippen molar-refractivity contribution < 1.29 is 9.13 Å². The minimum Gasteiger partial charge on any atom is -0.465 e. The molecule has 4 rings (SSSR count). The normalized spacial score (nSPS) is 11.0. The van der Waals surface area contributed by atoms with Crippen LogP contribution in [0.2, 0.25) is 0 Å². The molecule has 0 aliphatic heterocycles. The van der Waals surface area contributed by atoms with Gasteiger partial charge in [0.05, 0.1) is 11.4 Å². The molecule has 0 saturated carbocycles. The van der Waals surface area contributed by atoms with Crippen molar-refractivity contribution in [1.82, 2.24) is 24.8 Å². The van der Waals surface area contributed by atoms with E-state index in [9.17, 15) is 9.18 Å². The maximum absolute atomic E-state index is 13.8. The van der Waals surface area contributed by atoms with Gasteiger partial charge in [0.25, 0.3) is 5.19 Å². The van der Waals surface area contributed by atoms with Crippen LogP contribution in [0.4, 0.5) is 4.39 Å². The maximum Gasteiger partial charge on any atom is 0.368 e. The lowest BCUT2D eigenvalue weighted by Gasteiger charge is -2.11. The van der Waals surface area contributed by atoms with Crippen molar-refractivity contribution in [3.05, 3.63) is 74.8 Å². The van der Waals surface area contributed by atoms with Crippen molar-refractivity contribution in [2.24, 2.45) is 7.05 Å². The van der Waals surface area contributed by atoms with Gasteiger partial charge < -0.3 is 4.74 Å². The van der Waals surface area contributed by atoms with E-state index < -0.39 is 0 Å². The highest BCUT2D eigenvalue weighted by molar-refractivity contribution is 7.11. The Hall–Kier alpha value is -3.33. The number of ether oxygens (including phenoxy) is 1. The molecular formula is C20H18FN5O2S. The molecule has 9 heteroatoms. The van der Waals surface area contributed by atoms with Crippen LogP contribution in [-0.4, -0.2) is 24.8 Å². The van der Waals surface area contributed by atoms with Crippen LogP contribution in [0, 0.1) is 19.7 Å². The van der Waals surface area contributed by atoms with Gasteiger partial charge in [-0.2, -0.15) is 9.36 Å². The van der Waals surface area contributed by atoms with Crippen molar-refractivity contribution in [1.29, 1.82) is 0 Å². The fourth-order valence-corrected chi connectivity index (χ4v) is 3.56. The molecule has 2 heterocycles. The van der Waals surface area contributed by atoms with E-state index in [4.69, 9.17) is 4.74 Å². The molecule has 148 valence electrons. The number of tetrazole rings is 1. The Balaban J connectivity index is 1.59. The van der Waals surface area contributed by atoms with E-state index in [-0.39, 0.29) is 18.1 Å². The number of halogens is 1. The topological polar surface area (TPSA) is 74.8 Å². The van der Waals surface area contributed by atoms with Gasteiger partial charge in [-0.15, -0.1) is 0 Å². The summed E-state index contributed by atoms with van der Waals surface area (Å²) in [7, 11) is 1.54. The summed E-state index contributed by atoms with van der Waals surface area (Å²) in [5, 5.41) is 9.97. The van der Waals surface area contributed by atoms with Crippen LogP contribution in [0.5, 0.6) is 5.19 Å². The average Bonchev–Trinajstić information content (AvgIpc) is 3.30. The first-order valence-electron chi connectivity index (χ1n) is 8.87. The van der Waals surface area contributed by atoms with Crippen LogP contribution in [0.3, 0.4) is 0 Å². The molecule has 0 N–H and O–H groups in total. The molecule has 7 nitrogen and oxygen atoms in total.